The minimum atomic E-state index is -0.553. The zero-order chi connectivity index (χ0) is 43.7. The first kappa shape index (κ1) is 57.5. The van der Waals surface area contributed by atoms with Crippen molar-refractivity contribution in [3.63, 3.8) is 0 Å². The topological polar surface area (TPSA) is 85.4 Å². The fourth-order valence-corrected chi connectivity index (χ4v) is 8.47. The molecule has 8 nitrogen and oxygen atoms in total. The zero-order valence-electron chi connectivity index (χ0n) is 40.2. The van der Waals surface area contributed by atoms with Crippen LogP contribution in [0, 0.1) is 11.3 Å². The third kappa shape index (κ3) is 40.4. The maximum absolute atomic E-state index is 13.3. The summed E-state index contributed by atoms with van der Waals surface area (Å²) in [6.07, 6.45) is 34.9. The third-order valence-corrected chi connectivity index (χ3v) is 12.5. The van der Waals surface area contributed by atoms with Crippen molar-refractivity contribution >= 4 is 29.1 Å². The van der Waals surface area contributed by atoms with Crippen LogP contribution in [0.5, 0.6) is 0 Å². The molecule has 0 saturated carbocycles. The molecule has 0 aromatic rings. The molecule has 0 fully saturated rings. The van der Waals surface area contributed by atoms with Gasteiger partial charge in [-0.2, -0.15) is 0 Å². The number of rotatable bonds is 43. The van der Waals surface area contributed by atoms with Crippen molar-refractivity contribution in [1.82, 2.24) is 9.80 Å². The van der Waals surface area contributed by atoms with E-state index >= 15 is 0 Å². The van der Waals surface area contributed by atoms with E-state index < -0.39 is 6.16 Å². The van der Waals surface area contributed by atoms with Crippen molar-refractivity contribution in [1.29, 1.82) is 0 Å². The molecule has 0 aromatic carbocycles. The number of thioether (sulfide) groups is 1. The minimum Gasteiger partial charge on any atom is -0.466 e. The molecule has 0 heterocycles. The molecule has 0 rings (SSSR count). The Morgan fingerprint density at radius 3 is 1.53 bits per heavy atom. The van der Waals surface area contributed by atoms with Gasteiger partial charge in [-0.25, -0.2) is 4.79 Å². The average Bonchev–Trinajstić information content (AvgIpc) is 3.20. The van der Waals surface area contributed by atoms with Crippen LogP contribution in [0.3, 0.4) is 0 Å². The van der Waals surface area contributed by atoms with Crippen molar-refractivity contribution in [3.05, 3.63) is 0 Å². The number of carbonyl (C=O) groups is 3. The smallest absolute Gasteiger partial charge is 0.466 e. The Hall–Kier alpha value is -1.48. The number of amides is 1. The molecule has 0 aliphatic rings. The first-order valence-electron chi connectivity index (χ1n) is 25.1. The van der Waals surface area contributed by atoms with Gasteiger partial charge in [-0.1, -0.05) is 175 Å². The summed E-state index contributed by atoms with van der Waals surface area (Å²) in [6, 6.07) is 0. The number of hydrogen-bond acceptors (Lipinski definition) is 8. The van der Waals surface area contributed by atoms with Crippen LogP contribution < -0.4 is 0 Å². The van der Waals surface area contributed by atoms with Crippen LogP contribution in [0.4, 0.5) is 9.59 Å². The summed E-state index contributed by atoms with van der Waals surface area (Å²) in [5.41, 5.74) is -0.117. The van der Waals surface area contributed by atoms with Gasteiger partial charge in [0.1, 0.15) is 6.61 Å². The normalized spacial score (nSPS) is 11.7. The molecule has 0 spiro atoms. The quantitative estimate of drug-likeness (QED) is 0.0443. The van der Waals surface area contributed by atoms with Crippen LogP contribution >= 0.6 is 11.8 Å². The maximum atomic E-state index is 13.3. The van der Waals surface area contributed by atoms with E-state index in [9.17, 15) is 14.4 Å². The molecule has 0 atom stereocenters. The van der Waals surface area contributed by atoms with Gasteiger partial charge in [-0.05, 0) is 96.2 Å². The first-order chi connectivity index (χ1) is 28.5. The van der Waals surface area contributed by atoms with Crippen LogP contribution in [-0.4, -0.2) is 86.5 Å². The number of hydrogen-bond donors (Lipinski definition) is 0. The van der Waals surface area contributed by atoms with Crippen molar-refractivity contribution in [2.45, 2.75) is 234 Å². The molecule has 0 aliphatic heterocycles. The lowest BCUT2D eigenvalue weighted by molar-refractivity contribution is -0.145. The van der Waals surface area contributed by atoms with Gasteiger partial charge >= 0.3 is 12.1 Å². The summed E-state index contributed by atoms with van der Waals surface area (Å²) in [6.45, 7) is 14.9. The van der Waals surface area contributed by atoms with Gasteiger partial charge in [0.15, 0.2) is 0 Å². The highest BCUT2D eigenvalue weighted by Gasteiger charge is 2.21. The molecule has 0 aliphatic carbocycles. The Bertz CT molecular complexity index is 948. The van der Waals surface area contributed by atoms with Crippen LogP contribution in [0.25, 0.3) is 0 Å². The average molecular weight is 855 g/mol. The molecule has 0 N–H and O–H groups in total. The summed E-state index contributed by atoms with van der Waals surface area (Å²) in [5.74, 6) is 1.32. The Morgan fingerprint density at radius 2 is 0.983 bits per heavy atom. The standard InChI is InChI=1S/C50H98N2O6S/c1-8-11-14-17-20-26-35-46(36-27-21-18-15-12-9-2)44-47(53)56-41-32-24-22-29-39-52(48(54)59-43-34-31-38-51(6)7)40-30-25-28-37-50(4,5)45-58-49(55)57-42-33-23-19-16-13-10-3/h46H,8-45H2,1-7H3. The largest absolute Gasteiger partial charge is 0.508 e. The van der Waals surface area contributed by atoms with E-state index in [1.54, 1.807) is 0 Å². The molecule has 0 radical (unpaired) electrons. The summed E-state index contributed by atoms with van der Waals surface area (Å²) in [4.78, 5) is 42.5. The molecule has 59 heavy (non-hydrogen) atoms. The summed E-state index contributed by atoms with van der Waals surface area (Å²) < 4.78 is 16.5. The Labute approximate surface area is 370 Å². The van der Waals surface area contributed by atoms with Crippen molar-refractivity contribution < 1.29 is 28.6 Å². The number of carbonyl (C=O) groups excluding carboxylic acids is 3. The van der Waals surface area contributed by atoms with E-state index in [-0.39, 0.29) is 16.6 Å². The van der Waals surface area contributed by atoms with Gasteiger partial charge in [-0.15, -0.1) is 0 Å². The minimum absolute atomic E-state index is 0.0106. The van der Waals surface area contributed by atoms with E-state index in [0.29, 0.717) is 32.2 Å². The second-order valence-corrected chi connectivity index (χ2v) is 19.6. The second kappa shape index (κ2) is 41.9. The molecule has 0 bridgehead atoms. The van der Waals surface area contributed by atoms with Crippen LogP contribution in [0.2, 0.25) is 0 Å². The van der Waals surface area contributed by atoms with Crippen LogP contribution in [0.1, 0.15) is 234 Å². The molecule has 0 aromatic heterocycles. The van der Waals surface area contributed by atoms with E-state index in [2.05, 4.69) is 58.5 Å². The van der Waals surface area contributed by atoms with Gasteiger partial charge in [0, 0.05) is 25.3 Å². The predicted molar refractivity (Wildman–Crippen MR) is 254 cm³/mol. The molecule has 1 amide bonds. The molecule has 350 valence electrons. The zero-order valence-corrected chi connectivity index (χ0v) is 41.0. The number of nitrogens with zero attached hydrogens (tertiary/aromatic N) is 2. The van der Waals surface area contributed by atoms with Crippen molar-refractivity contribution in [2.75, 3.05) is 59.3 Å². The lowest BCUT2D eigenvalue weighted by Crippen LogP contribution is -2.30. The summed E-state index contributed by atoms with van der Waals surface area (Å²) in [7, 11) is 4.19. The third-order valence-electron chi connectivity index (χ3n) is 11.5. The summed E-state index contributed by atoms with van der Waals surface area (Å²) in [5, 5.41) is 0.202. The fourth-order valence-electron chi connectivity index (χ4n) is 7.58. The highest BCUT2D eigenvalue weighted by Crippen LogP contribution is 2.26. The summed E-state index contributed by atoms with van der Waals surface area (Å²) >= 11 is 1.47. The number of unbranched alkanes of at least 4 members (excludes halogenated alkanes) is 21. The van der Waals surface area contributed by atoms with E-state index in [1.807, 2.05) is 0 Å². The monoisotopic (exact) mass is 855 g/mol. The molecular formula is C50H98N2O6S. The number of esters is 1. The maximum Gasteiger partial charge on any atom is 0.508 e. The van der Waals surface area contributed by atoms with Gasteiger partial charge in [-0.3, -0.25) is 9.59 Å². The molecular weight excluding hydrogens is 757 g/mol. The van der Waals surface area contributed by atoms with Crippen LogP contribution in [-0.2, 0) is 19.0 Å². The van der Waals surface area contributed by atoms with Gasteiger partial charge in [0.25, 0.3) is 5.24 Å². The highest BCUT2D eigenvalue weighted by molar-refractivity contribution is 8.13. The van der Waals surface area contributed by atoms with Crippen molar-refractivity contribution in [3.8, 4) is 0 Å². The van der Waals surface area contributed by atoms with Crippen LogP contribution in [0.15, 0.2) is 0 Å². The fraction of sp³-hybridized carbons (Fsp3) is 0.940. The van der Waals surface area contributed by atoms with Gasteiger partial charge < -0.3 is 24.0 Å². The van der Waals surface area contributed by atoms with E-state index in [1.165, 1.54) is 114 Å². The lowest BCUT2D eigenvalue weighted by atomic mass is 9.88. The Kier molecular flexibility index (Phi) is 40.8. The lowest BCUT2D eigenvalue weighted by Gasteiger charge is -2.25. The SMILES string of the molecule is CCCCCCCCOC(=O)OCC(C)(C)CCCCCN(CCCCCCOC(=O)CC(CCCCCCCC)CCCCCCCC)C(=O)SCCCCN(C)C. The Morgan fingerprint density at radius 1 is 0.525 bits per heavy atom. The van der Waals surface area contributed by atoms with Gasteiger partial charge in [0.05, 0.1) is 13.2 Å². The molecule has 0 saturated heterocycles. The first-order valence-corrected chi connectivity index (χ1v) is 26.0. The molecule has 0 unspecified atom stereocenters. The number of ether oxygens (including phenoxy) is 3. The molecule has 9 heteroatoms. The van der Waals surface area contributed by atoms with E-state index in [4.69, 9.17) is 14.2 Å². The predicted octanol–water partition coefficient (Wildman–Crippen LogP) is 15.2. The van der Waals surface area contributed by atoms with E-state index in [0.717, 1.165) is 115 Å². The van der Waals surface area contributed by atoms with Gasteiger partial charge in [0.2, 0.25) is 0 Å². The Balaban J connectivity index is 4.61. The van der Waals surface area contributed by atoms with Crippen molar-refractivity contribution in [2.24, 2.45) is 11.3 Å². The highest BCUT2D eigenvalue weighted by atomic mass is 32.2. The second-order valence-electron chi connectivity index (χ2n) is 18.6.